The van der Waals surface area contributed by atoms with E-state index in [2.05, 4.69) is 24.9 Å². The van der Waals surface area contributed by atoms with Gasteiger partial charge in [0.05, 0.1) is 0 Å². The Morgan fingerprint density at radius 3 is 3.00 bits per heavy atom. The summed E-state index contributed by atoms with van der Waals surface area (Å²) in [6, 6.07) is 0.734. The predicted octanol–water partition coefficient (Wildman–Crippen LogP) is 1.72. The van der Waals surface area contributed by atoms with Crippen LogP contribution in [0.2, 0.25) is 0 Å². The SMILES string of the molecule is CCC1CCC(C)=CN1CCN. The highest BCUT2D eigenvalue weighted by molar-refractivity contribution is 5.03. The Labute approximate surface area is 75.4 Å². The van der Waals surface area contributed by atoms with Gasteiger partial charge >= 0.3 is 0 Å². The zero-order valence-corrected chi connectivity index (χ0v) is 8.21. The molecule has 1 heterocycles. The number of hydrogen-bond donors (Lipinski definition) is 1. The fourth-order valence-corrected chi connectivity index (χ4v) is 1.85. The zero-order chi connectivity index (χ0) is 8.97. The van der Waals surface area contributed by atoms with Gasteiger partial charge in [-0.1, -0.05) is 12.5 Å². The van der Waals surface area contributed by atoms with E-state index in [1.165, 1.54) is 24.8 Å². The summed E-state index contributed by atoms with van der Waals surface area (Å²) >= 11 is 0. The van der Waals surface area contributed by atoms with Gasteiger partial charge in [-0.2, -0.15) is 0 Å². The van der Waals surface area contributed by atoms with Crippen molar-refractivity contribution in [2.45, 2.75) is 39.2 Å². The van der Waals surface area contributed by atoms with Crippen LogP contribution in [0.5, 0.6) is 0 Å². The molecule has 2 heteroatoms. The highest BCUT2D eigenvalue weighted by atomic mass is 15.1. The van der Waals surface area contributed by atoms with Crippen molar-refractivity contribution in [2.75, 3.05) is 13.1 Å². The molecule has 0 aliphatic carbocycles. The van der Waals surface area contributed by atoms with Crippen molar-refractivity contribution in [3.8, 4) is 0 Å². The molecular weight excluding hydrogens is 148 g/mol. The Morgan fingerprint density at radius 2 is 2.42 bits per heavy atom. The minimum absolute atomic E-state index is 0.734. The lowest BCUT2D eigenvalue weighted by molar-refractivity contribution is 0.244. The number of nitrogens with zero attached hydrogens (tertiary/aromatic N) is 1. The van der Waals surface area contributed by atoms with Crippen molar-refractivity contribution in [1.82, 2.24) is 4.90 Å². The van der Waals surface area contributed by atoms with Gasteiger partial charge in [-0.15, -0.1) is 0 Å². The van der Waals surface area contributed by atoms with Gasteiger partial charge in [0, 0.05) is 19.1 Å². The largest absolute Gasteiger partial charge is 0.373 e. The van der Waals surface area contributed by atoms with E-state index in [1.807, 2.05) is 0 Å². The standard InChI is InChI=1S/C10H20N2/c1-3-10-5-4-9(2)8-12(10)7-6-11/h8,10H,3-7,11H2,1-2H3. The van der Waals surface area contributed by atoms with E-state index < -0.39 is 0 Å². The first kappa shape index (κ1) is 9.59. The Hall–Kier alpha value is -0.500. The molecule has 0 fully saturated rings. The average Bonchev–Trinajstić information content (AvgIpc) is 2.05. The van der Waals surface area contributed by atoms with Crippen LogP contribution in [-0.2, 0) is 0 Å². The van der Waals surface area contributed by atoms with Crippen LogP contribution < -0.4 is 5.73 Å². The third kappa shape index (κ3) is 2.24. The summed E-state index contributed by atoms with van der Waals surface area (Å²) in [5, 5.41) is 0. The summed E-state index contributed by atoms with van der Waals surface area (Å²) in [6.07, 6.45) is 6.09. The monoisotopic (exact) mass is 168 g/mol. The fourth-order valence-electron chi connectivity index (χ4n) is 1.85. The molecule has 0 saturated carbocycles. The van der Waals surface area contributed by atoms with Crippen molar-refractivity contribution in [2.24, 2.45) is 5.73 Å². The summed E-state index contributed by atoms with van der Waals surface area (Å²) in [4.78, 5) is 2.40. The molecule has 0 radical (unpaired) electrons. The maximum absolute atomic E-state index is 5.55. The Kier molecular flexibility index (Phi) is 3.60. The molecule has 0 amide bonds. The van der Waals surface area contributed by atoms with E-state index in [-0.39, 0.29) is 0 Å². The van der Waals surface area contributed by atoms with E-state index in [0.29, 0.717) is 0 Å². The van der Waals surface area contributed by atoms with Gasteiger partial charge in [0.1, 0.15) is 0 Å². The van der Waals surface area contributed by atoms with Crippen molar-refractivity contribution in [3.63, 3.8) is 0 Å². The third-order valence-corrected chi connectivity index (χ3v) is 2.59. The molecule has 1 aliphatic rings. The molecule has 1 unspecified atom stereocenters. The molecule has 0 bridgehead atoms. The molecule has 0 aromatic carbocycles. The van der Waals surface area contributed by atoms with E-state index in [0.717, 1.165) is 19.1 Å². The van der Waals surface area contributed by atoms with Gasteiger partial charge in [0.25, 0.3) is 0 Å². The summed E-state index contributed by atoms with van der Waals surface area (Å²) in [5.74, 6) is 0. The van der Waals surface area contributed by atoms with Gasteiger partial charge in [-0.25, -0.2) is 0 Å². The quantitative estimate of drug-likeness (QED) is 0.695. The van der Waals surface area contributed by atoms with Crippen molar-refractivity contribution in [3.05, 3.63) is 11.8 Å². The molecule has 1 atom stereocenters. The average molecular weight is 168 g/mol. The van der Waals surface area contributed by atoms with E-state index in [1.54, 1.807) is 0 Å². The minimum Gasteiger partial charge on any atom is -0.373 e. The normalized spacial score (nSPS) is 24.1. The smallest absolute Gasteiger partial charge is 0.0298 e. The second kappa shape index (κ2) is 4.51. The fraction of sp³-hybridized carbons (Fsp3) is 0.800. The highest BCUT2D eigenvalue weighted by Gasteiger charge is 2.17. The molecule has 0 saturated heterocycles. The molecular formula is C10H20N2. The maximum Gasteiger partial charge on any atom is 0.0298 e. The van der Waals surface area contributed by atoms with Crippen LogP contribution in [0.15, 0.2) is 11.8 Å². The summed E-state index contributed by atoms with van der Waals surface area (Å²) in [7, 11) is 0. The van der Waals surface area contributed by atoms with Crippen molar-refractivity contribution >= 4 is 0 Å². The van der Waals surface area contributed by atoms with Gasteiger partial charge < -0.3 is 10.6 Å². The highest BCUT2D eigenvalue weighted by Crippen LogP contribution is 2.21. The minimum atomic E-state index is 0.734. The van der Waals surface area contributed by atoms with Gasteiger partial charge in [0.2, 0.25) is 0 Å². The zero-order valence-electron chi connectivity index (χ0n) is 8.21. The molecule has 0 aromatic rings. The molecule has 70 valence electrons. The lowest BCUT2D eigenvalue weighted by Gasteiger charge is -2.34. The van der Waals surface area contributed by atoms with Gasteiger partial charge in [-0.3, -0.25) is 0 Å². The van der Waals surface area contributed by atoms with Crippen LogP contribution in [0.25, 0.3) is 0 Å². The first-order valence-corrected chi connectivity index (χ1v) is 4.91. The molecule has 2 nitrogen and oxygen atoms in total. The molecule has 12 heavy (non-hydrogen) atoms. The molecule has 1 aliphatic heterocycles. The van der Waals surface area contributed by atoms with Crippen LogP contribution in [0.3, 0.4) is 0 Å². The maximum atomic E-state index is 5.55. The summed E-state index contributed by atoms with van der Waals surface area (Å²) in [6.45, 7) is 6.23. The second-order valence-electron chi connectivity index (χ2n) is 3.60. The molecule has 2 N–H and O–H groups in total. The number of rotatable bonds is 3. The van der Waals surface area contributed by atoms with Gasteiger partial charge in [0.15, 0.2) is 0 Å². The first-order valence-electron chi connectivity index (χ1n) is 4.91. The second-order valence-corrected chi connectivity index (χ2v) is 3.60. The van der Waals surface area contributed by atoms with Crippen LogP contribution in [0.1, 0.15) is 33.1 Å². The topological polar surface area (TPSA) is 29.3 Å². The Morgan fingerprint density at radius 1 is 1.67 bits per heavy atom. The molecule has 0 spiro atoms. The predicted molar refractivity (Wildman–Crippen MR) is 52.8 cm³/mol. The Bertz CT molecular complexity index is 163. The lowest BCUT2D eigenvalue weighted by Crippen LogP contribution is -2.36. The van der Waals surface area contributed by atoms with Crippen LogP contribution in [0, 0.1) is 0 Å². The molecule has 1 rings (SSSR count). The van der Waals surface area contributed by atoms with Crippen molar-refractivity contribution in [1.29, 1.82) is 0 Å². The third-order valence-electron chi connectivity index (χ3n) is 2.59. The first-order chi connectivity index (χ1) is 5.77. The van der Waals surface area contributed by atoms with Crippen LogP contribution >= 0.6 is 0 Å². The van der Waals surface area contributed by atoms with E-state index >= 15 is 0 Å². The summed E-state index contributed by atoms with van der Waals surface area (Å²) in [5.41, 5.74) is 7.04. The number of nitrogens with two attached hydrogens (primary N) is 1. The van der Waals surface area contributed by atoms with E-state index in [9.17, 15) is 0 Å². The number of hydrogen-bond acceptors (Lipinski definition) is 2. The summed E-state index contributed by atoms with van der Waals surface area (Å²) < 4.78 is 0. The lowest BCUT2D eigenvalue weighted by atomic mass is 9.99. The van der Waals surface area contributed by atoms with Crippen LogP contribution in [-0.4, -0.2) is 24.0 Å². The van der Waals surface area contributed by atoms with Gasteiger partial charge in [-0.05, 0) is 32.4 Å². The van der Waals surface area contributed by atoms with Crippen molar-refractivity contribution < 1.29 is 0 Å². The van der Waals surface area contributed by atoms with E-state index in [4.69, 9.17) is 5.73 Å². The molecule has 0 aromatic heterocycles. The Balaban J connectivity index is 2.55. The van der Waals surface area contributed by atoms with Crippen LogP contribution in [0.4, 0.5) is 0 Å². The number of allylic oxidation sites excluding steroid dienone is 1.